The van der Waals surface area contributed by atoms with Crippen molar-refractivity contribution in [3.63, 3.8) is 0 Å². The van der Waals surface area contributed by atoms with Crippen molar-refractivity contribution in [1.82, 2.24) is 0 Å². The van der Waals surface area contributed by atoms with E-state index in [4.69, 9.17) is 0 Å². The van der Waals surface area contributed by atoms with Crippen molar-refractivity contribution in [3.8, 4) is 56.6 Å². The van der Waals surface area contributed by atoms with Gasteiger partial charge >= 0.3 is 0 Å². The lowest BCUT2D eigenvalue weighted by Gasteiger charge is -2.44. The van der Waals surface area contributed by atoms with Gasteiger partial charge in [-0.3, -0.25) is 0 Å². The molecule has 0 aliphatic heterocycles. The Kier molecular flexibility index (Phi) is 12.1. The largest absolute Gasteiger partial charge is 0.329 e. The second-order valence-corrected chi connectivity index (χ2v) is 22.4. The predicted octanol–water partition coefficient (Wildman–Crippen LogP) is 20.8. The highest BCUT2D eigenvalue weighted by molar-refractivity contribution is 6.06. The molecule has 0 aromatic heterocycles. The fourth-order valence-electron chi connectivity index (χ4n) is 14.0. The third-order valence-corrected chi connectivity index (χ3v) is 17.9. The van der Waals surface area contributed by atoms with Crippen LogP contribution in [0.3, 0.4) is 0 Å². The number of anilines is 4. The van der Waals surface area contributed by atoms with Crippen LogP contribution in [0.15, 0.2) is 337 Å². The molecule has 4 heteroatoms. The lowest BCUT2D eigenvalue weighted by Crippen LogP contribution is -2.38. The van der Waals surface area contributed by atoms with Crippen LogP contribution >= 0.6 is 0 Å². The summed E-state index contributed by atoms with van der Waals surface area (Å²) in [5, 5.41) is 31.5. The SMILES string of the molecule is N#Cc1ccccc1N(C1=C2C=CC3=C4C(=CC=C(C=C1)C24)C(N(c1ccccc1C#N)c1ccc(-c2cccc4ccccc24)cc1-c1cccc2ccccc12)C=C3)c1ccc(-c2cccc3ccccc23)cc1-c1cccc2ccccc12. The standard InChI is InChI=1S/C82H52N4/c83-51-61-21-5-11-35-75(61)85(79-47-41-59(67-31-13-23-53-17-1-7-27-63(53)67)49-73(79)69-33-15-25-55-19-3-9-29-65(55)69)77-45-39-57-38-44-72-78(46-40-58-37-43-71(77)81(57)82(58)72)86(76-36-12-6-22-62(76)52-84)80-48-42-60(68-32-14-24-54-18-2-8-28-64(54)68)50-74(80)70-34-16-26-56-20-4-10-30-66(56)70/h1-50,77,82H. The van der Waals surface area contributed by atoms with Crippen LogP contribution in [0.25, 0.3) is 87.6 Å². The zero-order valence-electron chi connectivity index (χ0n) is 46.8. The third kappa shape index (κ3) is 8.19. The van der Waals surface area contributed by atoms with E-state index in [1.54, 1.807) is 0 Å². The molecule has 0 bridgehead atoms. The summed E-state index contributed by atoms with van der Waals surface area (Å²) in [6.07, 6.45) is 18.4. The van der Waals surface area contributed by atoms with Gasteiger partial charge in [-0.2, -0.15) is 10.5 Å². The summed E-state index contributed by atoms with van der Waals surface area (Å²) in [5.74, 6) is -0.158. The van der Waals surface area contributed by atoms with E-state index in [0.29, 0.717) is 11.1 Å². The summed E-state index contributed by atoms with van der Waals surface area (Å²) in [6, 6.07) is 95.4. The van der Waals surface area contributed by atoms with Gasteiger partial charge in [0.1, 0.15) is 12.1 Å². The Bertz CT molecular complexity index is 5160. The van der Waals surface area contributed by atoms with Gasteiger partial charge in [0.2, 0.25) is 0 Å². The minimum absolute atomic E-state index is 0.158. The minimum atomic E-state index is -0.338. The maximum absolute atomic E-state index is 11.1. The molecule has 4 aliphatic rings. The van der Waals surface area contributed by atoms with E-state index >= 15 is 0 Å². The third-order valence-electron chi connectivity index (χ3n) is 17.9. The number of hydrogen-bond acceptors (Lipinski definition) is 4. The molecule has 0 saturated heterocycles. The summed E-state index contributed by atoms with van der Waals surface area (Å²) in [7, 11) is 0. The van der Waals surface area contributed by atoms with Crippen LogP contribution in [-0.4, -0.2) is 6.04 Å². The Morgan fingerprint density at radius 1 is 0.349 bits per heavy atom. The first-order valence-corrected chi connectivity index (χ1v) is 29.3. The maximum atomic E-state index is 11.1. The molecule has 4 nitrogen and oxygen atoms in total. The van der Waals surface area contributed by atoms with Crippen molar-refractivity contribution in [2.75, 3.05) is 9.80 Å². The van der Waals surface area contributed by atoms with Gasteiger partial charge in [-0.05, 0) is 159 Å². The number of nitrogens with zero attached hydrogens (tertiary/aromatic N) is 4. The van der Waals surface area contributed by atoms with Gasteiger partial charge in [-0.15, -0.1) is 0 Å². The molecule has 16 rings (SSSR count). The van der Waals surface area contributed by atoms with Crippen molar-refractivity contribution in [2.24, 2.45) is 5.92 Å². The highest BCUT2D eigenvalue weighted by Gasteiger charge is 2.41. The molecule has 0 heterocycles. The fourth-order valence-corrected chi connectivity index (χ4v) is 14.0. The van der Waals surface area contributed by atoms with Crippen LogP contribution in [0.1, 0.15) is 11.1 Å². The molecule has 0 saturated carbocycles. The highest BCUT2D eigenvalue weighted by Crippen LogP contribution is 2.54. The first kappa shape index (κ1) is 50.2. The zero-order chi connectivity index (χ0) is 57.2. The average molecular weight is 1090 g/mol. The Labute approximate surface area is 500 Å². The molecule has 0 N–H and O–H groups in total. The van der Waals surface area contributed by atoms with Gasteiger partial charge in [0.25, 0.3) is 0 Å². The average Bonchev–Trinajstić information content (AvgIpc) is 0.969. The minimum Gasteiger partial charge on any atom is -0.329 e. The van der Waals surface area contributed by atoms with Crippen LogP contribution in [0.5, 0.6) is 0 Å². The summed E-state index contributed by atoms with van der Waals surface area (Å²) >= 11 is 0. The van der Waals surface area contributed by atoms with E-state index in [9.17, 15) is 10.5 Å². The van der Waals surface area contributed by atoms with Gasteiger partial charge < -0.3 is 9.80 Å². The molecule has 2 unspecified atom stereocenters. The van der Waals surface area contributed by atoms with Crippen LogP contribution in [0, 0.1) is 28.6 Å². The number of rotatable bonds is 10. The Morgan fingerprint density at radius 2 is 0.814 bits per heavy atom. The summed E-state index contributed by atoms with van der Waals surface area (Å²) in [6.45, 7) is 0. The molecular weight excluding hydrogens is 1040 g/mol. The maximum Gasteiger partial charge on any atom is 0.101 e. The van der Waals surface area contributed by atoms with Crippen LogP contribution in [-0.2, 0) is 0 Å². The monoisotopic (exact) mass is 1090 g/mol. The molecule has 0 radical (unpaired) electrons. The molecule has 400 valence electrons. The molecule has 0 spiro atoms. The van der Waals surface area contributed by atoms with E-state index in [2.05, 4.69) is 289 Å². The van der Waals surface area contributed by atoms with Crippen LogP contribution < -0.4 is 9.80 Å². The summed E-state index contributed by atoms with van der Waals surface area (Å²) in [4.78, 5) is 4.76. The van der Waals surface area contributed by atoms with Gasteiger partial charge in [-0.25, -0.2) is 0 Å². The van der Waals surface area contributed by atoms with Gasteiger partial charge in [0.05, 0.1) is 39.9 Å². The zero-order valence-corrected chi connectivity index (χ0v) is 46.8. The number of nitriles is 2. The molecule has 4 aliphatic carbocycles. The molecule has 12 aromatic carbocycles. The summed E-state index contributed by atoms with van der Waals surface area (Å²) in [5.41, 5.74) is 20.4. The normalized spacial score (nSPS) is 15.6. The molecule has 0 fully saturated rings. The van der Waals surface area contributed by atoms with Crippen molar-refractivity contribution in [2.45, 2.75) is 6.04 Å². The summed E-state index contributed by atoms with van der Waals surface area (Å²) < 4.78 is 0. The van der Waals surface area contributed by atoms with Gasteiger partial charge in [-0.1, -0.05) is 249 Å². The van der Waals surface area contributed by atoms with E-state index in [0.717, 1.165) is 111 Å². The first-order chi connectivity index (χ1) is 42.6. The van der Waals surface area contributed by atoms with Crippen LogP contribution in [0.2, 0.25) is 0 Å². The van der Waals surface area contributed by atoms with Crippen molar-refractivity contribution in [3.05, 3.63) is 348 Å². The lowest BCUT2D eigenvalue weighted by molar-refractivity contribution is 0.773. The molecule has 2 atom stereocenters. The Balaban J connectivity index is 0.894. The number of allylic oxidation sites excluding steroid dienone is 10. The molecule has 12 aromatic rings. The number of fused-ring (bicyclic) bond motifs is 4. The lowest BCUT2D eigenvalue weighted by atomic mass is 9.67. The number of para-hydroxylation sites is 2. The first-order valence-electron chi connectivity index (χ1n) is 29.3. The molecule has 86 heavy (non-hydrogen) atoms. The smallest absolute Gasteiger partial charge is 0.101 e. The van der Waals surface area contributed by atoms with Gasteiger partial charge in [0.15, 0.2) is 0 Å². The highest BCUT2D eigenvalue weighted by atomic mass is 15.2. The van der Waals surface area contributed by atoms with Crippen LogP contribution in [0.4, 0.5) is 22.7 Å². The fraction of sp³-hybridized carbons (Fsp3) is 0.0244. The number of benzene rings is 12. The van der Waals surface area contributed by atoms with Crippen molar-refractivity contribution < 1.29 is 0 Å². The Morgan fingerprint density at radius 3 is 1.38 bits per heavy atom. The second-order valence-electron chi connectivity index (χ2n) is 22.4. The quantitative estimate of drug-likeness (QED) is 0.137. The molecule has 0 amide bonds. The topological polar surface area (TPSA) is 54.1 Å². The van der Waals surface area contributed by atoms with Crippen molar-refractivity contribution >= 4 is 65.8 Å². The molecular formula is C82H52N4. The van der Waals surface area contributed by atoms with E-state index in [-0.39, 0.29) is 12.0 Å². The van der Waals surface area contributed by atoms with E-state index in [1.807, 2.05) is 36.4 Å². The van der Waals surface area contributed by atoms with Gasteiger partial charge in [0, 0.05) is 22.7 Å². The Hall–Kier alpha value is -11.6. The second kappa shape index (κ2) is 20.7. The predicted molar refractivity (Wildman–Crippen MR) is 356 cm³/mol. The number of hydrogen-bond donors (Lipinski definition) is 0. The van der Waals surface area contributed by atoms with E-state index < -0.39 is 0 Å². The van der Waals surface area contributed by atoms with Crippen molar-refractivity contribution in [1.29, 1.82) is 10.5 Å². The van der Waals surface area contributed by atoms with E-state index in [1.165, 1.54) is 32.7 Å².